The Hall–Kier alpha value is -2.62. The molecular formula is C22H25NO3. The summed E-state index contributed by atoms with van der Waals surface area (Å²) in [7, 11) is 0. The highest BCUT2D eigenvalue weighted by atomic mass is 16.5. The SMILES string of the molecule is CCCC(=O)c1ccc2c(c1)N(C(C)c1ccccc1)C(=O)C(C)(C)O2. The summed E-state index contributed by atoms with van der Waals surface area (Å²) in [6.45, 7) is 7.53. The van der Waals surface area contributed by atoms with E-state index in [2.05, 4.69) is 0 Å². The zero-order chi connectivity index (χ0) is 18.9. The fourth-order valence-corrected chi connectivity index (χ4v) is 3.32. The van der Waals surface area contributed by atoms with Gasteiger partial charge in [-0.1, -0.05) is 37.3 Å². The van der Waals surface area contributed by atoms with Crippen molar-refractivity contribution in [2.45, 2.75) is 52.2 Å². The van der Waals surface area contributed by atoms with Gasteiger partial charge >= 0.3 is 0 Å². The van der Waals surface area contributed by atoms with Crippen LogP contribution in [0.25, 0.3) is 0 Å². The number of ether oxygens (including phenoxy) is 1. The molecule has 0 aliphatic carbocycles. The van der Waals surface area contributed by atoms with E-state index in [9.17, 15) is 9.59 Å². The monoisotopic (exact) mass is 351 g/mol. The summed E-state index contributed by atoms with van der Waals surface area (Å²) in [5, 5.41) is 0. The van der Waals surface area contributed by atoms with E-state index in [1.54, 1.807) is 36.9 Å². The third-order valence-electron chi connectivity index (χ3n) is 4.79. The van der Waals surface area contributed by atoms with Crippen molar-refractivity contribution in [3.8, 4) is 5.75 Å². The highest BCUT2D eigenvalue weighted by Crippen LogP contribution is 2.42. The number of carbonyl (C=O) groups excluding carboxylic acids is 2. The molecule has 0 aromatic heterocycles. The van der Waals surface area contributed by atoms with Gasteiger partial charge in [-0.05, 0) is 51.0 Å². The molecule has 0 bridgehead atoms. The van der Waals surface area contributed by atoms with Crippen LogP contribution in [0.4, 0.5) is 5.69 Å². The predicted octanol–water partition coefficient (Wildman–Crippen LogP) is 4.93. The third kappa shape index (κ3) is 3.24. The smallest absolute Gasteiger partial charge is 0.271 e. The molecule has 0 N–H and O–H groups in total. The lowest BCUT2D eigenvalue weighted by molar-refractivity contribution is -0.133. The molecule has 1 unspecified atom stereocenters. The van der Waals surface area contributed by atoms with Gasteiger partial charge in [0.15, 0.2) is 11.4 Å². The maximum atomic E-state index is 13.1. The number of hydrogen-bond acceptors (Lipinski definition) is 3. The van der Waals surface area contributed by atoms with Gasteiger partial charge in [-0.3, -0.25) is 14.5 Å². The second-order valence-electron chi connectivity index (χ2n) is 7.23. The number of Topliss-reactive ketones (excluding diaryl/α,β-unsaturated/α-hetero) is 1. The molecule has 0 spiro atoms. The lowest BCUT2D eigenvalue weighted by Gasteiger charge is -2.42. The molecule has 4 nitrogen and oxygen atoms in total. The van der Waals surface area contributed by atoms with Crippen LogP contribution in [0.2, 0.25) is 0 Å². The Morgan fingerprint density at radius 2 is 1.85 bits per heavy atom. The van der Waals surface area contributed by atoms with E-state index in [1.807, 2.05) is 44.2 Å². The van der Waals surface area contributed by atoms with Gasteiger partial charge in [-0.2, -0.15) is 0 Å². The number of ketones is 1. The van der Waals surface area contributed by atoms with Crippen LogP contribution in [0, 0.1) is 0 Å². The summed E-state index contributed by atoms with van der Waals surface area (Å²) in [6.07, 6.45) is 1.29. The third-order valence-corrected chi connectivity index (χ3v) is 4.79. The fraction of sp³-hybridized carbons (Fsp3) is 0.364. The number of amides is 1. The molecule has 136 valence electrons. The zero-order valence-corrected chi connectivity index (χ0v) is 15.8. The standard InChI is InChI=1S/C22H25NO3/c1-5-9-19(24)17-12-13-20-18(14-17)23(21(25)22(3,4)26-20)15(2)16-10-7-6-8-11-16/h6-8,10-15H,5,9H2,1-4H3. The molecule has 1 atom stereocenters. The summed E-state index contributed by atoms with van der Waals surface area (Å²) < 4.78 is 5.94. The van der Waals surface area contributed by atoms with Crippen molar-refractivity contribution in [2.24, 2.45) is 0 Å². The lowest BCUT2D eigenvalue weighted by Crippen LogP contribution is -2.53. The number of anilines is 1. The molecule has 0 radical (unpaired) electrons. The van der Waals surface area contributed by atoms with E-state index in [-0.39, 0.29) is 17.7 Å². The summed E-state index contributed by atoms with van der Waals surface area (Å²) >= 11 is 0. The number of nitrogens with zero attached hydrogens (tertiary/aromatic N) is 1. The van der Waals surface area contributed by atoms with Crippen molar-refractivity contribution in [3.05, 3.63) is 59.7 Å². The maximum Gasteiger partial charge on any atom is 0.271 e. The highest BCUT2D eigenvalue weighted by molar-refractivity contribution is 6.05. The minimum Gasteiger partial charge on any atom is -0.476 e. The molecule has 0 saturated heterocycles. The molecule has 1 aliphatic rings. The van der Waals surface area contributed by atoms with Crippen molar-refractivity contribution >= 4 is 17.4 Å². The van der Waals surface area contributed by atoms with Crippen molar-refractivity contribution in [2.75, 3.05) is 4.90 Å². The minimum absolute atomic E-state index is 0.0832. The Morgan fingerprint density at radius 1 is 1.15 bits per heavy atom. The molecule has 4 heteroatoms. The number of carbonyl (C=O) groups is 2. The Labute approximate surface area is 154 Å². The first-order valence-corrected chi connectivity index (χ1v) is 9.10. The van der Waals surface area contributed by atoms with Gasteiger partial charge < -0.3 is 4.74 Å². The number of hydrogen-bond donors (Lipinski definition) is 0. The highest BCUT2D eigenvalue weighted by Gasteiger charge is 2.43. The quantitative estimate of drug-likeness (QED) is 0.717. The average Bonchev–Trinajstić information content (AvgIpc) is 2.63. The van der Waals surface area contributed by atoms with Gasteiger partial charge in [0.25, 0.3) is 5.91 Å². The first kappa shape index (κ1) is 18.2. The first-order valence-electron chi connectivity index (χ1n) is 9.10. The predicted molar refractivity (Wildman–Crippen MR) is 103 cm³/mol. The Bertz CT molecular complexity index is 827. The van der Waals surface area contributed by atoms with E-state index in [0.29, 0.717) is 23.4 Å². The maximum absolute atomic E-state index is 13.1. The van der Waals surface area contributed by atoms with E-state index < -0.39 is 5.60 Å². The van der Waals surface area contributed by atoms with Crippen molar-refractivity contribution < 1.29 is 14.3 Å². The van der Waals surface area contributed by atoms with Gasteiger partial charge in [0.2, 0.25) is 0 Å². The van der Waals surface area contributed by atoms with Crippen molar-refractivity contribution in [3.63, 3.8) is 0 Å². The molecule has 3 rings (SSSR count). The summed E-state index contributed by atoms with van der Waals surface area (Å²) in [5.41, 5.74) is 1.36. The Balaban J connectivity index is 2.10. The van der Waals surface area contributed by atoms with E-state index >= 15 is 0 Å². The Kier molecular flexibility index (Phi) is 4.86. The van der Waals surface area contributed by atoms with Crippen LogP contribution in [0.5, 0.6) is 5.75 Å². The molecule has 1 aliphatic heterocycles. The van der Waals surface area contributed by atoms with Crippen LogP contribution < -0.4 is 9.64 Å². The molecule has 2 aromatic carbocycles. The summed E-state index contributed by atoms with van der Waals surface area (Å²) in [6, 6.07) is 15.1. The van der Waals surface area contributed by atoms with E-state index in [0.717, 1.165) is 12.0 Å². The van der Waals surface area contributed by atoms with Gasteiger partial charge in [0.05, 0.1) is 11.7 Å². The normalized spacial score (nSPS) is 16.6. The van der Waals surface area contributed by atoms with Crippen molar-refractivity contribution in [1.82, 2.24) is 0 Å². The van der Waals surface area contributed by atoms with Crippen LogP contribution >= 0.6 is 0 Å². The lowest BCUT2D eigenvalue weighted by atomic mass is 9.97. The zero-order valence-electron chi connectivity index (χ0n) is 15.8. The summed E-state index contributed by atoms with van der Waals surface area (Å²) in [5.74, 6) is 0.603. The van der Waals surface area contributed by atoms with Crippen LogP contribution in [0.1, 0.15) is 62.5 Å². The summed E-state index contributed by atoms with van der Waals surface area (Å²) in [4.78, 5) is 27.2. The molecule has 1 heterocycles. The average molecular weight is 351 g/mol. The molecule has 0 saturated carbocycles. The van der Waals surface area contributed by atoms with Gasteiger partial charge in [0, 0.05) is 12.0 Å². The first-order chi connectivity index (χ1) is 12.3. The molecule has 26 heavy (non-hydrogen) atoms. The second kappa shape index (κ2) is 6.94. The number of benzene rings is 2. The second-order valence-corrected chi connectivity index (χ2v) is 7.23. The van der Waals surface area contributed by atoms with E-state index in [1.165, 1.54) is 0 Å². The minimum atomic E-state index is -0.953. The van der Waals surface area contributed by atoms with Crippen LogP contribution in [-0.4, -0.2) is 17.3 Å². The molecule has 2 aromatic rings. The fourth-order valence-electron chi connectivity index (χ4n) is 3.32. The molecule has 0 fully saturated rings. The molecular weight excluding hydrogens is 326 g/mol. The van der Waals surface area contributed by atoms with Gasteiger partial charge in [-0.15, -0.1) is 0 Å². The topological polar surface area (TPSA) is 46.6 Å². The van der Waals surface area contributed by atoms with E-state index in [4.69, 9.17) is 4.74 Å². The van der Waals surface area contributed by atoms with Gasteiger partial charge in [-0.25, -0.2) is 0 Å². The number of fused-ring (bicyclic) bond motifs is 1. The Morgan fingerprint density at radius 3 is 2.50 bits per heavy atom. The van der Waals surface area contributed by atoms with Crippen molar-refractivity contribution in [1.29, 1.82) is 0 Å². The van der Waals surface area contributed by atoms with Crippen LogP contribution in [-0.2, 0) is 4.79 Å². The van der Waals surface area contributed by atoms with Crippen LogP contribution in [0.3, 0.4) is 0 Å². The molecule has 1 amide bonds. The van der Waals surface area contributed by atoms with Gasteiger partial charge in [0.1, 0.15) is 5.75 Å². The largest absolute Gasteiger partial charge is 0.476 e. The number of rotatable bonds is 5. The van der Waals surface area contributed by atoms with Crippen LogP contribution in [0.15, 0.2) is 48.5 Å².